The number of hydrogen-bond donors (Lipinski definition) is 3. The first kappa shape index (κ1) is 17.8. The number of rotatable bonds is 6. The lowest BCUT2D eigenvalue weighted by atomic mass is 10.0. The van der Waals surface area contributed by atoms with E-state index in [1.165, 1.54) is 4.88 Å². The van der Waals surface area contributed by atoms with Crippen molar-refractivity contribution in [2.24, 2.45) is 4.99 Å². The van der Waals surface area contributed by atoms with Gasteiger partial charge in [0, 0.05) is 11.4 Å². The molecule has 132 valence electrons. The van der Waals surface area contributed by atoms with Crippen LogP contribution in [-0.4, -0.2) is 17.6 Å². The highest BCUT2D eigenvalue weighted by Crippen LogP contribution is 2.29. The Kier molecular flexibility index (Phi) is 6.06. The standard InChI is InChI=1S/C21H21N3OS/c1-2-12-22-21(23-15-18-9-6-13-26-18)24-19-14-17(10-11-20(19)25)16-7-4-3-5-8-16/h2-11,13-14,25H,1,12,15H2,(H2,22,23,24). The number of anilines is 1. The fourth-order valence-electron chi connectivity index (χ4n) is 2.44. The zero-order valence-corrected chi connectivity index (χ0v) is 15.2. The number of guanidine groups is 1. The summed E-state index contributed by atoms with van der Waals surface area (Å²) in [4.78, 5) is 5.76. The van der Waals surface area contributed by atoms with Crippen LogP contribution in [0.2, 0.25) is 0 Å². The lowest BCUT2D eigenvalue weighted by Crippen LogP contribution is -2.31. The van der Waals surface area contributed by atoms with Crippen molar-refractivity contribution in [2.45, 2.75) is 6.54 Å². The Morgan fingerprint density at radius 2 is 1.92 bits per heavy atom. The summed E-state index contributed by atoms with van der Waals surface area (Å²) < 4.78 is 0. The number of phenols is 1. The number of aliphatic imine (C=N–C) groups is 1. The summed E-state index contributed by atoms with van der Waals surface area (Å²) in [6.45, 7) is 4.88. The summed E-state index contributed by atoms with van der Waals surface area (Å²) in [6.07, 6.45) is 1.77. The fourth-order valence-corrected chi connectivity index (χ4v) is 3.07. The van der Waals surface area contributed by atoms with Gasteiger partial charge in [0.15, 0.2) is 5.96 Å². The predicted octanol–water partition coefficient (Wildman–Crippen LogP) is 4.86. The van der Waals surface area contributed by atoms with Crippen LogP contribution in [0.5, 0.6) is 5.75 Å². The highest BCUT2D eigenvalue weighted by molar-refractivity contribution is 7.09. The smallest absolute Gasteiger partial charge is 0.196 e. The molecule has 0 spiro atoms. The molecule has 0 aliphatic heterocycles. The number of aromatic hydroxyl groups is 1. The molecule has 0 aliphatic rings. The molecule has 26 heavy (non-hydrogen) atoms. The Bertz CT molecular complexity index is 874. The van der Waals surface area contributed by atoms with Gasteiger partial charge >= 0.3 is 0 Å². The molecule has 0 aliphatic carbocycles. The van der Waals surface area contributed by atoms with E-state index in [2.05, 4.69) is 22.2 Å². The minimum absolute atomic E-state index is 0.175. The van der Waals surface area contributed by atoms with Crippen LogP contribution in [-0.2, 0) is 6.54 Å². The first-order valence-corrected chi connectivity index (χ1v) is 9.21. The summed E-state index contributed by atoms with van der Waals surface area (Å²) in [5.41, 5.74) is 2.71. The van der Waals surface area contributed by atoms with Crippen LogP contribution >= 0.6 is 11.3 Å². The van der Waals surface area contributed by atoms with Gasteiger partial charge in [-0.25, -0.2) is 4.99 Å². The van der Waals surface area contributed by atoms with Crippen LogP contribution in [0.4, 0.5) is 5.69 Å². The van der Waals surface area contributed by atoms with Crippen molar-refractivity contribution in [1.82, 2.24) is 5.32 Å². The topological polar surface area (TPSA) is 56.7 Å². The van der Waals surface area contributed by atoms with E-state index in [0.29, 0.717) is 24.7 Å². The maximum absolute atomic E-state index is 10.2. The van der Waals surface area contributed by atoms with Gasteiger partial charge in [-0.3, -0.25) is 0 Å². The first-order chi connectivity index (χ1) is 12.8. The van der Waals surface area contributed by atoms with Gasteiger partial charge < -0.3 is 15.7 Å². The normalized spacial score (nSPS) is 11.2. The quantitative estimate of drug-likeness (QED) is 0.254. The second-order valence-corrected chi connectivity index (χ2v) is 6.67. The Hall–Kier alpha value is -3.05. The van der Waals surface area contributed by atoms with E-state index >= 15 is 0 Å². The van der Waals surface area contributed by atoms with Crippen LogP contribution in [0.3, 0.4) is 0 Å². The average Bonchev–Trinajstić information content (AvgIpc) is 3.20. The van der Waals surface area contributed by atoms with Crippen molar-refractivity contribution in [3.8, 4) is 16.9 Å². The molecule has 0 unspecified atom stereocenters. The summed E-state index contributed by atoms with van der Waals surface area (Å²) in [7, 11) is 0. The second-order valence-electron chi connectivity index (χ2n) is 5.64. The maximum Gasteiger partial charge on any atom is 0.196 e. The van der Waals surface area contributed by atoms with E-state index in [-0.39, 0.29) is 5.75 Å². The van der Waals surface area contributed by atoms with Crippen molar-refractivity contribution in [3.63, 3.8) is 0 Å². The molecule has 3 aromatic rings. The third-order valence-corrected chi connectivity index (χ3v) is 4.60. The predicted molar refractivity (Wildman–Crippen MR) is 111 cm³/mol. The summed E-state index contributed by atoms with van der Waals surface area (Å²) in [5, 5.41) is 18.7. The minimum Gasteiger partial charge on any atom is -0.506 e. The van der Waals surface area contributed by atoms with Gasteiger partial charge in [-0.05, 0) is 34.7 Å². The molecule has 0 fully saturated rings. The monoisotopic (exact) mass is 363 g/mol. The van der Waals surface area contributed by atoms with E-state index in [9.17, 15) is 5.11 Å². The zero-order valence-electron chi connectivity index (χ0n) is 14.4. The molecule has 0 amide bonds. The molecule has 0 bridgehead atoms. The van der Waals surface area contributed by atoms with Crippen LogP contribution in [0, 0.1) is 0 Å². The van der Waals surface area contributed by atoms with Crippen LogP contribution < -0.4 is 10.6 Å². The van der Waals surface area contributed by atoms with Gasteiger partial charge in [-0.1, -0.05) is 48.5 Å². The van der Waals surface area contributed by atoms with Gasteiger partial charge in [0.05, 0.1) is 12.2 Å². The molecule has 4 nitrogen and oxygen atoms in total. The Balaban J connectivity index is 1.83. The highest BCUT2D eigenvalue weighted by Gasteiger charge is 2.07. The van der Waals surface area contributed by atoms with Crippen molar-refractivity contribution in [1.29, 1.82) is 0 Å². The van der Waals surface area contributed by atoms with Crippen molar-refractivity contribution in [3.05, 3.63) is 83.6 Å². The molecule has 0 saturated heterocycles. The van der Waals surface area contributed by atoms with Crippen LogP contribution in [0.1, 0.15) is 4.88 Å². The van der Waals surface area contributed by atoms with Crippen LogP contribution in [0.25, 0.3) is 11.1 Å². The summed E-state index contributed by atoms with van der Waals surface area (Å²) in [5.74, 6) is 0.771. The molecule has 3 N–H and O–H groups in total. The van der Waals surface area contributed by atoms with Gasteiger partial charge in [0.1, 0.15) is 5.75 Å². The molecular formula is C21H21N3OS. The first-order valence-electron chi connectivity index (χ1n) is 8.33. The van der Waals surface area contributed by atoms with Gasteiger partial charge in [0.25, 0.3) is 0 Å². The lowest BCUT2D eigenvalue weighted by molar-refractivity contribution is 0.478. The molecule has 0 atom stereocenters. The number of phenolic OH excluding ortho intramolecular Hbond substituents is 1. The third kappa shape index (κ3) is 4.74. The SMILES string of the molecule is C=CCNC(=NCc1cccs1)Nc1cc(-c2ccccc2)ccc1O. The maximum atomic E-state index is 10.2. The van der Waals surface area contributed by atoms with E-state index in [4.69, 9.17) is 0 Å². The number of thiophene rings is 1. The third-order valence-electron chi connectivity index (χ3n) is 3.74. The zero-order chi connectivity index (χ0) is 18.2. The molecule has 1 aromatic heterocycles. The number of benzene rings is 2. The van der Waals surface area contributed by atoms with Crippen LogP contribution in [0.15, 0.2) is 83.7 Å². The summed E-state index contributed by atoms with van der Waals surface area (Å²) >= 11 is 1.67. The lowest BCUT2D eigenvalue weighted by Gasteiger charge is -2.14. The van der Waals surface area contributed by atoms with Crippen molar-refractivity contribution < 1.29 is 5.11 Å². The molecule has 0 saturated carbocycles. The van der Waals surface area contributed by atoms with E-state index in [1.807, 2.05) is 60.0 Å². The fraction of sp³-hybridized carbons (Fsp3) is 0.0952. The van der Waals surface area contributed by atoms with Gasteiger partial charge in [0.2, 0.25) is 0 Å². The average molecular weight is 363 g/mol. The highest BCUT2D eigenvalue weighted by atomic mass is 32.1. The Morgan fingerprint density at radius 3 is 2.65 bits per heavy atom. The number of nitrogens with zero attached hydrogens (tertiary/aromatic N) is 1. The molecule has 1 heterocycles. The van der Waals surface area contributed by atoms with E-state index in [0.717, 1.165) is 11.1 Å². The molecule has 0 radical (unpaired) electrons. The van der Waals surface area contributed by atoms with E-state index in [1.54, 1.807) is 23.5 Å². The molecule has 3 rings (SSSR count). The Morgan fingerprint density at radius 1 is 1.08 bits per heavy atom. The number of nitrogens with one attached hydrogen (secondary N) is 2. The molecule has 2 aromatic carbocycles. The molecular weight excluding hydrogens is 342 g/mol. The Labute approximate surface area is 157 Å². The largest absolute Gasteiger partial charge is 0.506 e. The minimum atomic E-state index is 0.175. The number of hydrogen-bond acceptors (Lipinski definition) is 3. The van der Waals surface area contributed by atoms with Gasteiger partial charge in [-0.15, -0.1) is 17.9 Å². The van der Waals surface area contributed by atoms with Crippen molar-refractivity contribution in [2.75, 3.05) is 11.9 Å². The van der Waals surface area contributed by atoms with Gasteiger partial charge in [-0.2, -0.15) is 0 Å². The second kappa shape index (κ2) is 8.87. The molecule has 5 heteroatoms. The summed E-state index contributed by atoms with van der Waals surface area (Å²) in [6, 6.07) is 19.6. The van der Waals surface area contributed by atoms with E-state index < -0.39 is 0 Å². The van der Waals surface area contributed by atoms with Crippen molar-refractivity contribution >= 4 is 23.0 Å².